The van der Waals surface area contributed by atoms with Crippen LogP contribution in [0.4, 0.5) is 5.69 Å². The summed E-state index contributed by atoms with van der Waals surface area (Å²) in [7, 11) is 0. The topological polar surface area (TPSA) is 20.3 Å². The zero-order valence-corrected chi connectivity index (χ0v) is 11.7. The average Bonchev–Trinajstić information content (AvgIpc) is 2.38. The van der Waals surface area contributed by atoms with Crippen LogP contribution < -0.4 is 4.90 Å². The zero-order valence-electron chi connectivity index (χ0n) is 10.2. The Balaban J connectivity index is 2.34. The van der Waals surface area contributed by atoms with Gasteiger partial charge in [-0.15, -0.1) is 0 Å². The Bertz CT molecular complexity index is 405. The highest BCUT2D eigenvalue weighted by molar-refractivity contribution is 9.10. The van der Waals surface area contributed by atoms with Gasteiger partial charge >= 0.3 is 0 Å². The molecule has 0 aromatic heterocycles. The Kier molecular flexibility index (Phi) is 4.21. The van der Waals surface area contributed by atoms with Crippen molar-refractivity contribution in [2.45, 2.75) is 38.6 Å². The van der Waals surface area contributed by atoms with Crippen LogP contribution in [0.1, 0.15) is 43.0 Å². The molecule has 3 heteroatoms. The van der Waals surface area contributed by atoms with Crippen molar-refractivity contribution in [3.8, 4) is 0 Å². The lowest BCUT2D eigenvalue weighted by molar-refractivity contribution is 0.112. The van der Waals surface area contributed by atoms with Crippen molar-refractivity contribution in [1.29, 1.82) is 0 Å². The van der Waals surface area contributed by atoms with E-state index in [1.54, 1.807) is 0 Å². The van der Waals surface area contributed by atoms with Gasteiger partial charge in [-0.05, 0) is 43.9 Å². The Hall–Kier alpha value is -0.830. The van der Waals surface area contributed by atoms with Gasteiger partial charge in [0, 0.05) is 28.3 Å². The molecular weight excluding hydrogens is 278 g/mol. The van der Waals surface area contributed by atoms with E-state index >= 15 is 0 Å². The van der Waals surface area contributed by atoms with Gasteiger partial charge in [-0.2, -0.15) is 0 Å². The first-order valence-electron chi connectivity index (χ1n) is 6.27. The van der Waals surface area contributed by atoms with Gasteiger partial charge in [-0.25, -0.2) is 0 Å². The number of piperidine rings is 1. The van der Waals surface area contributed by atoms with Crippen molar-refractivity contribution in [2.75, 3.05) is 11.4 Å². The number of carbonyl (C=O) groups excluding carboxylic acids is 1. The lowest BCUT2D eigenvalue weighted by Crippen LogP contribution is -2.39. The van der Waals surface area contributed by atoms with E-state index in [0.29, 0.717) is 6.04 Å². The summed E-state index contributed by atoms with van der Waals surface area (Å²) < 4.78 is 0.966. The Morgan fingerprint density at radius 1 is 1.47 bits per heavy atom. The van der Waals surface area contributed by atoms with Crippen LogP contribution in [-0.4, -0.2) is 18.9 Å². The molecule has 1 aromatic carbocycles. The SMILES string of the molecule is CC[C@H]1CCCCN1c1ccc(Br)cc1C=O. The van der Waals surface area contributed by atoms with Crippen molar-refractivity contribution in [3.05, 3.63) is 28.2 Å². The maximum absolute atomic E-state index is 11.2. The smallest absolute Gasteiger partial charge is 0.152 e. The summed E-state index contributed by atoms with van der Waals surface area (Å²) >= 11 is 3.42. The summed E-state index contributed by atoms with van der Waals surface area (Å²) in [4.78, 5) is 13.6. The van der Waals surface area contributed by atoms with Crippen molar-refractivity contribution < 1.29 is 4.79 Å². The van der Waals surface area contributed by atoms with E-state index in [0.717, 1.165) is 35.0 Å². The second kappa shape index (κ2) is 5.67. The first-order chi connectivity index (χ1) is 8.26. The van der Waals surface area contributed by atoms with E-state index in [1.165, 1.54) is 19.3 Å². The Labute approximate surface area is 111 Å². The standard InChI is InChI=1S/C14H18BrNO/c1-2-13-5-3-4-8-16(13)14-7-6-12(15)9-11(14)10-17/h6-7,9-10,13H,2-5,8H2,1H3/t13-/m0/s1. The third-order valence-corrected chi connectivity index (χ3v) is 4.02. The second-order valence-electron chi connectivity index (χ2n) is 4.57. The fraction of sp³-hybridized carbons (Fsp3) is 0.500. The van der Waals surface area contributed by atoms with E-state index in [4.69, 9.17) is 0 Å². The van der Waals surface area contributed by atoms with Gasteiger partial charge in [-0.3, -0.25) is 4.79 Å². The summed E-state index contributed by atoms with van der Waals surface area (Å²) in [5, 5.41) is 0. The van der Waals surface area contributed by atoms with Gasteiger partial charge < -0.3 is 4.90 Å². The zero-order chi connectivity index (χ0) is 12.3. The van der Waals surface area contributed by atoms with Crippen molar-refractivity contribution in [2.24, 2.45) is 0 Å². The van der Waals surface area contributed by atoms with Gasteiger partial charge in [0.05, 0.1) is 0 Å². The van der Waals surface area contributed by atoms with Crippen LogP contribution in [0.2, 0.25) is 0 Å². The molecule has 0 spiro atoms. The molecule has 2 nitrogen and oxygen atoms in total. The minimum Gasteiger partial charge on any atom is -0.368 e. The highest BCUT2D eigenvalue weighted by Crippen LogP contribution is 2.30. The molecule has 1 fully saturated rings. The maximum Gasteiger partial charge on any atom is 0.152 e. The van der Waals surface area contributed by atoms with Gasteiger partial charge in [0.1, 0.15) is 0 Å². The third kappa shape index (κ3) is 2.71. The predicted octanol–water partition coefficient (Wildman–Crippen LogP) is 4.03. The van der Waals surface area contributed by atoms with E-state index in [1.807, 2.05) is 12.1 Å². The molecule has 2 rings (SSSR count). The molecule has 1 heterocycles. The first kappa shape index (κ1) is 12.6. The summed E-state index contributed by atoms with van der Waals surface area (Å²) in [5.74, 6) is 0. The number of aldehydes is 1. The van der Waals surface area contributed by atoms with Crippen LogP contribution in [0, 0.1) is 0 Å². The normalized spacial score (nSPS) is 20.4. The van der Waals surface area contributed by atoms with Crippen LogP contribution in [0.5, 0.6) is 0 Å². The van der Waals surface area contributed by atoms with Crippen molar-refractivity contribution in [1.82, 2.24) is 0 Å². The number of hydrogen-bond donors (Lipinski definition) is 0. The molecule has 1 aliphatic rings. The molecule has 1 atom stereocenters. The molecule has 17 heavy (non-hydrogen) atoms. The van der Waals surface area contributed by atoms with E-state index in [9.17, 15) is 4.79 Å². The molecule has 1 aromatic rings. The minimum atomic E-state index is 0.587. The quantitative estimate of drug-likeness (QED) is 0.785. The second-order valence-corrected chi connectivity index (χ2v) is 5.49. The predicted molar refractivity (Wildman–Crippen MR) is 74.8 cm³/mol. The fourth-order valence-corrected chi connectivity index (χ4v) is 3.00. The first-order valence-corrected chi connectivity index (χ1v) is 7.07. The molecule has 0 N–H and O–H groups in total. The minimum absolute atomic E-state index is 0.587. The molecule has 0 unspecified atom stereocenters. The largest absolute Gasteiger partial charge is 0.368 e. The molecular formula is C14H18BrNO. The van der Waals surface area contributed by atoms with Crippen molar-refractivity contribution >= 4 is 27.9 Å². The van der Waals surface area contributed by atoms with E-state index < -0.39 is 0 Å². The Morgan fingerprint density at radius 3 is 3.00 bits per heavy atom. The summed E-state index contributed by atoms with van der Waals surface area (Å²) in [6.45, 7) is 3.30. The van der Waals surface area contributed by atoms with Crippen LogP contribution in [0.15, 0.2) is 22.7 Å². The molecule has 0 aliphatic carbocycles. The lowest BCUT2D eigenvalue weighted by atomic mass is 9.98. The summed E-state index contributed by atoms with van der Waals surface area (Å²) in [6, 6.07) is 6.57. The number of hydrogen-bond acceptors (Lipinski definition) is 2. The monoisotopic (exact) mass is 295 g/mol. The molecule has 92 valence electrons. The number of rotatable bonds is 3. The summed E-state index contributed by atoms with van der Waals surface area (Å²) in [6.07, 6.45) is 5.88. The number of nitrogens with zero attached hydrogens (tertiary/aromatic N) is 1. The summed E-state index contributed by atoms with van der Waals surface area (Å²) in [5.41, 5.74) is 1.88. The van der Waals surface area contributed by atoms with Gasteiger partial charge in [-0.1, -0.05) is 22.9 Å². The Morgan fingerprint density at radius 2 is 2.29 bits per heavy atom. The van der Waals surface area contributed by atoms with Crippen LogP contribution >= 0.6 is 15.9 Å². The highest BCUT2D eigenvalue weighted by Gasteiger charge is 2.22. The van der Waals surface area contributed by atoms with Gasteiger partial charge in [0.15, 0.2) is 6.29 Å². The molecule has 0 saturated carbocycles. The average molecular weight is 296 g/mol. The van der Waals surface area contributed by atoms with E-state index in [-0.39, 0.29) is 0 Å². The van der Waals surface area contributed by atoms with Gasteiger partial charge in [0.25, 0.3) is 0 Å². The maximum atomic E-state index is 11.2. The van der Waals surface area contributed by atoms with Crippen molar-refractivity contribution in [3.63, 3.8) is 0 Å². The number of halogens is 1. The molecule has 1 saturated heterocycles. The van der Waals surface area contributed by atoms with Crippen LogP contribution in [0.25, 0.3) is 0 Å². The molecule has 1 aliphatic heterocycles. The highest BCUT2D eigenvalue weighted by atomic mass is 79.9. The van der Waals surface area contributed by atoms with E-state index in [2.05, 4.69) is 33.8 Å². The number of anilines is 1. The third-order valence-electron chi connectivity index (χ3n) is 3.52. The molecule has 0 amide bonds. The van der Waals surface area contributed by atoms with Crippen LogP contribution in [-0.2, 0) is 0 Å². The molecule has 0 bridgehead atoms. The van der Waals surface area contributed by atoms with Gasteiger partial charge in [0.2, 0.25) is 0 Å². The number of benzene rings is 1. The van der Waals surface area contributed by atoms with Crippen LogP contribution in [0.3, 0.4) is 0 Å². The fourth-order valence-electron chi connectivity index (χ4n) is 2.62. The lowest BCUT2D eigenvalue weighted by Gasteiger charge is -2.37. The number of carbonyl (C=O) groups is 1. The molecule has 0 radical (unpaired) electrons.